The minimum atomic E-state index is -1.15. The highest BCUT2D eigenvalue weighted by Crippen LogP contribution is 2.27. The van der Waals surface area contributed by atoms with Crippen molar-refractivity contribution >= 4 is 11.9 Å². The number of nitrogens with zero attached hydrogens (tertiary/aromatic N) is 1. The average molecular weight is 322 g/mol. The van der Waals surface area contributed by atoms with Gasteiger partial charge >= 0.3 is 5.97 Å². The highest BCUT2D eigenvalue weighted by Gasteiger charge is 2.20. The number of aliphatic carboxylic acids is 1. The number of ether oxygens (including phenoxy) is 3. The molecule has 0 bridgehead atoms. The number of carboxylic acids is 1. The van der Waals surface area contributed by atoms with E-state index in [1.807, 2.05) is 6.07 Å². The fourth-order valence-electron chi connectivity index (χ4n) is 1.73. The molecule has 0 aliphatic carbocycles. The summed E-state index contributed by atoms with van der Waals surface area (Å²) in [5.41, 5.74) is 0.393. The Morgan fingerprint density at radius 2 is 2.09 bits per heavy atom. The molecule has 8 nitrogen and oxygen atoms in total. The molecule has 1 rings (SSSR count). The molecule has 0 fully saturated rings. The summed E-state index contributed by atoms with van der Waals surface area (Å²) in [6.45, 7) is -0.166. The lowest BCUT2D eigenvalue weighted by molar-refractivity contribution is -0.142. The van der Waals surface area contributed by atoms with E-state index in [2.05, 4.69) is 5.32 Å². The quantitative estimate of drug-likeness (QED) is 0.681. The number of hydrogen-bond acceptors (Lipinski definition) is 6. The van der Waals surface area contributed by atoms with Crippen LogP contribution in [0.25, 0.3) is 0 Å². The van der Waals surface area contributed by atoms with Gasteiger partial charge in [-0.2, -0.15) is 5.26 Å². The third kappa shape index (κ3) is 5.84. The van der Waals surface area contributed by atoms with Crippen LogP contribution in [0, 0.1) is 11.3 Å². The maximum atomic E-state index is 11.8. The topological polar surface area (TPSA) is 118 Å². The van der Waals surface area contributed by atoms with Crippen LogP contribution in [-0.4, -0.2) is 50.5 Å². The number of carboxylic acid groups (broad SMARTS) is 1. The second kappa shape index (κ2) is 9.27. The van der Waals surface area contributed by atoms with Gasteiger partial charge in [-0.1, -0.05) is 0 Å². The zero-order valence-electron chi connectivity index (χ0n) is 12.9. The average Bonchev–Trinajstić information content (AvgIpc) is 2.56. The zero-order chi connectivity index (χ0) is 17.2. The van der Waals surface area contributed by atoms with Crippen molar-refractivity contribution in [1.29, 1.82) is 5.26 Å². The molecule has 1 atom stereocenters. The van der Waals surface area contributed by atoms with E-state index in [0.29, 0.717) is 11.3 Å². The number of amides is 1. The highest BCUT2D eigenvalue weighted by atomic mass is 16.5. The van der Waals surface area contributed by atoms with E-state index in [4.69, 9.17) is 24.6 Å². The normalized spacial score (nSPS) is 11.2. The van der Waals surface area contributed by atoms with Crippen molar-refractivity contribution in [2.75, 3.05) is 27.4 Å². The summed E-state index contributed by atoms with van der Waals surface area (Å²) in [6, 6.07) is 5.42. The van der Waals surface area contributed by atoms with Gasteiger partial charge in [-0.05, 0) is 12.1 Å². The van der Waals surface area contributed by atoms with Crippen molar-refractivity contribution < 1.29 is 28.9 Å². The van der Waals surface area contributed by atoms with Crippen molar-refractivity contribution in [3.05, 3.63) is 23.8 Å². The first-order valence-corrected chi connectivity index (χ1v) is 6.73. The fraction of sp³-hybridized carbons (Fsp3) is 0.400. The lowest BCUT2D eigenvalue weighted by Gasteiger charge is -2.15. The first kappa shape index (κ1) is 18.3. The molecule has 0 spiro atoms. The number of carbonyl (C=O) groups excluding carboxylic acids is 1. The van der Waals surface area contributed by atoms with Gasteiger partial charge in [0.05, 0.1) is 18.7 Å². The van der Waals surface area contributed by atoms with Crippen molar-refractivity contribution in [2.24, 2.45) is 0 Å². The van der Waals surface area contributed by atoms with Gasteiger partial charge in [-0.15, -0.1) is 0 Å². The Labute approximate surface area is 133 Å². The van der Waals surface area contributed by atoms with Crippen LogP contribution in [-0.2, 0) is 14.3 Å². The number of hydrogen-bond donors (Lipinski definition) is 2. The van der Waals surface area contributed by atoms with Gasteiger partial charge in [0.2, 0.25) is 0 Å². The minimum absolute atomic E-state index is 0.151. The molecule has 0 aliphatic rings. The van der Waals surface area contributed by atoms with E-state index in [9.17, 15) is 9.59 Å². The standard InChI is InChI=1S/C15H18N2O6/c1-21-6-5-11(15(19)20)17-14(18)9-23-12-4-3-10(8-16)7-13(12)22-2/h3-4,7,11H,5-6,9H2,1-2H3,(H,17,18)(H,19,20). The van der Waals surface area contributed by atoms with Crippen LogP contribution in [0.5, 0.6) is 11.5 Å². The largest absolute Gasteiger partial charge is 0.493 e. The molecule has 8 heteroatoms. The van der Waals surface area contributed by atoms with Gasteiger partial charge in [-0.25, -0.2) is 4.79 Å². The SMILES string of the molecule is COCCC(NC(=O)COc1ccc(C#N)cc1OC)C(=O)O. The molecule has 1 aromatic carbocycles. The summed E-state index contributed by atoms with van der Waals surface area (Å²) >= 11 is 0. The van der Waals surface area contributed by atoms with Gasteiger partial charge < -0.3 is 24.6 Å². The van der Waals surface area contributed by atoms with Crippen LogP contribution < -0.4 is 14.8 Å². The first-order chi connectivity index (χ1) is 11.0. The lowest BCUT2D eigenvalue weighted by atomic mass is 10.2. The Morgan fingerprint density at radius 1 is 1.35 bits per heavy atom. The number of nitrogens with one attached hydrogen (secondary N) is 1. The molecular weight excluding hydrogens is 304 g/mol. The Hall–Kier alpha value is -2.79. The lowest BCUT2D eigenvalue weighted by Crippen LogP contribution is -2.43. The molecule has 1 amide bonds. The Balaban J connectivity index is 2.62. The second-order valence-corrected chi connectivity index (χ2v) is 4.51. The number of rotatable bonds is 9. The van der Waals surface area contributed by atoms with E-state index in [0.717, 1.165) is 0 Å². The van der Waals surface area contributed by atoms with Crippen molar-refractivity contribution in [3.8, 4) is 17.6 Å². The Morgan fingerprint density at radius 3 is 2.65 bits per heavy atom. The minimum Gasteiger partial charge on any atom is -0.493 e. The predicted molar refractivity (Wildman–Crippen MR) is 79.3 cm³/mol. The van der Waals surface area contributed by atoms with E-state index in [1.165, 1.54) is 32.4 Å². The van der Waals surface area contributed by atoms with Gasteiger partial charge in [-0.3, -0.25) is 4.79 Å². The van der Waals surface area contributed by atoms with Crippen LogP contribution in [0.2, 0.25) is 0 Å². The van der Waals surface area contributed by atoms with Gasteiger partial charge in [0.15, 0.2) is 18.1 Å². The van der Waals surface area contributed by atoms with Crippen molar-refractivity contribution in [2.45, 2.75) is 12.5 Å². The van der Waals surface area contributed by atoms with Crippen molar-refractivity contribution in [3.63, 3.8) is 0 Å². The second-order valence-electron chi connectivity index (χ2n) is 4.51. The van der Waals surface area contributed by atoms with Crippen LogP contribution in [0.4, 0.5) is 0 Å². The number of benzene rings is 1. The molecule has 1 unspecified atom stereocenters. The van der Waals surface area contributed by atoms with E-state index >= 15 is 0 Å². The van der Waals surface area contributed by atoms with Crippen LogP contribution >= 0.6 is 0 Å². The Kier molecular flexibility index (Phi) is 7.36. The maximum Gasteiger partial charge on any atom is 0.326 e. The van der Waals surface area contributed by atoms with E-state index in [1.54, 1.807) is 0 Å². The molecule has 0 radical (unpaired) electrons. The molecular formula is C15H18N2O6. The summed E-state index contributed by atoms with van der Waals surface area (Å²) in [4.78, 5) is 22.8. The van der Waals surface area contributed by atoms with Crippen molar-refractivity contribution in [1.82, 2.24) is 5.32 Å². The molecule has 124 valence electrons. The summed E-state index contributed by atoms with van der Waals surface area (Å²) in [5.74, 6) is -1.14. The van der Waals surface area contributed by atoms with Gasteiger partial charge in [0.1, 0.15) is 6.04 Å². The fourth-order valence-corrected chi connectivity index (χ4v) is 1.73. The van der Waals surface area contributed by atoms with Crippen LogP contribution in [0.3, 0.4) is 0 Å². The molecule has 23 heavy (non-hydrogen) atoms. The first-order valence-electron chi connectivity index (χ1n) is 6.73. The number of nitriles is 1. The molecule has 2 N–H and O–H groups in total. The summed E-state index contributed by atoms with van der Waals surface area (Å²) < 4.78 is 15.2. The Bertz CT molecular complexity index is 596. The van der Waals surface area contributed by atoms with Gasteiger partial charge in [0.25, 0.3) is 5.91 Å². The zero-order valence-corrected chi connectivity index (χ0v) is 12.9. The third-order valence-electron chi connectivity index (χ3n) is 2.90. The molecule has 0 saturated carbocycles. The predicted octanol–water partition coefficient (Wildman–Crippen LogP) is 0.552. The van der Waals surface area contributed by atoms with Crippen LogP contribution in [0.1, 0.15) is 12.0 Å². The van der Waals surface area contributed by atoms with Gasteiger partial charge in [0, 0.05) is 26.2 Å². The summed E-state index contributed by atoms with van der Waals surface area (Å²) in [6.07, 6.45) is 0.151. The maximum absolute atomic E-state index is 11.8. The molecule has 1 aromatic rings. The monoisotopic (exact) mass is 322 g/mol. The highest BCUT2D eigenvalue weighted by molar-refractivity contribution is 5.84. The number of methoxy groups -OCH3 is 2. The molecule has 0 saturated heterocycles. The molecule has 0 heterocycles. The van der Waals surface area contributed by atoms with E-state index in [-0.39, 0.29) is 25.4 Å². The molecule has 0 aromatic heterocycles. The van der Waals surface area contributed by atoms with E-state index < -0.39 is 17.9 Å². The number of carbonyl (C=O) groups is 2. The third-order valence-corrected chi connectivity index (χ3v) is 2.90. The molecule has 0 aliphatic heterocycles. The summed E-state index contributed by atoms with van der Waals surface area (Å²) in [7, 11) is 2.86. The summed E-state index contributed by atoms with van der Waals surface area (Å²) in [5, 5.41) is 20.2. The van der Waals surface area contributed by atoms with Crippen LogP contribution in [0.15, 0.2) is 18.2 Å². The smallest absolute Gasteiger partial charge is 0.326 e.